The van der Waals surface area contributed by atoms with Gasteiger partial charge in [0.2, 0.25) is 17.7 Å². The maximum Gasteiger partial charge on any atom is 0.326 e. The number of carbonyl (C=O) groups is 4. The van der Waals surface area contributed by atoms with Crippen molar-refractivity contribution in [2.75, 3.05) is 13.1 Å². The fraction of sp³-hybridized carbons (Fsp3) is 0.636. The Morgan fingerprint density at radius 3 is 2.26 bits per heavy atom. The molecule has 1 heterocycles. The van der Waals surface area contributed by atoms with Gasteiger partial charge in [-0.1, -0.05) is 6.42 Å². The molecular weight excluding hydrogens is 500 g/mol. The van der Waals surface area contributed by atoms with Gasteiger partial charge < -0.3 is 54.1 Å². The van der Waals surface area contributed by atoms with Crippen molar-refractivity contribution in [3.05, 3.63) is 18.2 Å². The third kappa shape index (κ3) is 12.0. The average molecular weight is 541 g/mol. The van der Waals surface area contributed by atoms with Crippen LogP contribution in [-0.2, 0) is 25.6 Å². The van der Waals surface area contributed by atoms with E-state index >= 15 is 0 Å². The Bertz CT molecular complexity index is 920. The predicted molar refractivity (Wildman–Crippen MR) is 138 cm³/mol. The highest BCUT2D eigenvalue weighted by molar-refractivity contribution is 5.94. The number of guanidine groups is 1. The van der Waals surface area contributed by atoms with Crippen molar-refractivity contribution >= 4 is 29.7 Å². The normalized spacial score (nSPS) is 14.8. The van der Waals surface area contributed by atoms with Gasteiger partial charge in [-0.3, -0.25) is 19.4 Å². The first-order chi connectivity index (χ1) is 18.0. The SMILES string of the molecule is CC(O)C(NC(=O)C(CCCN=C(N)N)NC(=O)C(N)CCCCN)C(=O)NC(Cc1cnc[nH]1)C(=O)O. The summed E-state index contributed by atoms with van der Waals surface area (Å²) in [4.78, 5) is 60.6. The summed E-state index contributed by atoms with van der Waals surface area (Å²) < 4.78 is 0. The second kappa shape index (κ2) is 16.9. The van der Waals surface area contributed by atoms with Crippen LogP contribution in [0.25, 0.3) is 0 Å². The van der Waals surface area contributed by atoms with Crippen LogP contribution in [0.2, 0.25) is 0 Å². The number of hydrogen-bond donors (Lipinski definition) is 10. The molecule has 0 aliphatic heterocycles. The molecule has 0 spiro atoms. The maximum atomic E-state index is 13.1. The first-order valence-corrected chi connectivity index (χ1v) is 12.3. The van der Waals surface area contributed by atoms with Gasteiger partial charge in [-0.05, 0) is 39.2 Å². The Morgan fingerprint density at radius 2 is 1.71 bits per heavy atom. The van der Waals surface area contributed by atoms with Gasteiger partial charge in [-0.2, -0.15) is 0 Å². The van der Waals surface area contributed by atoms with E-state index in [0.717, 1.165) is 0 Å². The number of carbonyl (C=O) groups excluding carboxylic acids is 3. The number of unbranched alkanes of at least 4 members (excludes halogenated alkanes) is 1. The molecule has 0 saturated carbocycles. The van der Waals surface area contributed by atoms with Gasteiger partial charge in [0.1, 0.15) is 18.1 Å². The highest BCUT2D eigenvalue weighted by Crippen LogP contribution is 2.06. The van der Waals surface area contributed by atoms with E-state index in [4.69, 9.17) is 22.9 Å². The van der Waals surface area contributed by atoms with Gasteiger partial charge in [0.15, 0.2) is 5.96 Å². The van der Waals surface area contributed by atoms with Gasteiger partial charge in [-0.15, -0.1) is 0 Å². The minimum Gasteiger partial charge on any atom is -0.480 e. The van der Waals surface area contributed by atoms with Crippen LogP contribution in [0.4, 0.5) is 0 Å². The van der Waals surface area contributed by atoms with Gasteiger partial charge in [0.05, 0.1) is 18.5 Å². The summed E-state index contributed by atoms with van der Waals surface area (Å²) in [5.74, 6) is -3.74. The number of rotatable bonds is 18. The van der Waals surface area contributed by atoms with Crippen LogP contribution >= 0.6 is 0 Å². The quantitative estimate of drug-likeness (QED) is 0.0492. The van der Waals surface area contributed by atoms with Crippen molar-refractivity contribution in [2.24, 2.45) is 27.9 Å². The second-order valence-corrected chi connectivity index (χ2v) is 8.81. The molecule has 0 bridgehead atoms. The lowest BCUT2D eigenvalue weighted by atomic mass is 10.1. The minimum absolute atomic E-state index is 0.0929. The average Bonchev–Trinajstić information content (AvgIpc) is 3.36. The van der Waals surface area contributed by atoms with Crippen LogP contribution in [0.5, 0.6) is 0 Å². The number of aromatic nitrogens is 2. The molecule has 0 saturated heterocycles. The molecule has 3 amide bonds. The zero-order valence-electron chi connectivity index (χ0n) is 21.4. The van der Waals surface area contributed by atoms with E-state index in [1.165, 1.54) is 19.4 Å². The summed E-state index contributed by atoms with van der Waals surface area (Å²) >= 11 is 0. The fourth-order valence-corrected chi connectivity index (χ4v) is 3.43. The van der Waals surface area contributed by atoms with Crippen molar-refractivity contribution in [2.45, 2.75) is 75.7 Å². The maximum absolute atomic E-state index is 13.1. The molecule has 0 aliphatic rings. The number of aliphatic hydroxyl groups is 1. The van der Waals surface area contributed by atoms with E-state index < -0.39 is 54.0 Å². The van der Waals surface area contributed by atoms with Crippen molar-refractivity contribution in [1.29, 1.82) is 0 Å². The van der Waals surface area contributed by atoms with Crippen molar-refractivity contribution in [1.82, 2.24) is 25.9 Å². The number of amides is 3. The Balaban J connectivity index is 2.94. The molecule has 5 atom stereocenters. The molecule has 5 unspecified atom stereocenters. The van der Waals surface area contributed by atoms with Crippen LogP contribution in [0.15, 0.2) is 17.5 Å². The fourth-order valence-electron chi connectivity index (χ4n) is 3.43. The van der Waals surface area contributed by atoms with Crippen molar-refractivity contribution in [3.8, 4) is 0 Å². The van der Waals surface area contributed by atoms with Crippen LogP contribution < -0.4 is 38.9 Å². The van der Waals surface area contributed by atoms with Crippen LogP contribution in [0.3, 0.4) is 0 Å². The van der Waals surface area contributed by atoms with Gasteiger partial charge in [0.25, 0.3) is 0 Å². The third-order valence-electron chi connectivity index (χ3n) is 5.54. The van der Waals surface area contributed by atoms with Crippen molar-refractivity contribution < 1.29 is 29.4 Å². The summed E-state index contributed by atoms with van der Waals surface area (Å²) in [7, 11) is 0. The number of carboxylic acids is 1. The van der Waals surface area contributed by atoms with Crippen LogP contribution in [-0.4, -0.2) is 93.2 Å². The number of nitrogens with one attached hydrogen (secondary N) is 4. The zero-order chi connectivity index (χ0) is 28.7. The summed E-state index contributed by atoms with van der Waals surface area (Å²) in [6.07, 6.45) is 3.34. The highest BCUT2D eigenvalue weighted by Gasteiger charge is 2.32. The number of aromatic amines is 1. The highest BCUT2D eigenvalue weighted by atomic mass is 16.4. The van der Waals surface area contributed by atoms with Gasteiger partial charge in [-0.25, -0.2) is 9.78 Å². The number of carboxylic acid groups (broad SMARTS) is 1. The molecule has 16 heteroatoms. The summed E-state index contributed by atoms with van der Waals surface area (Å²) in [5.41, 5.74) is 22.5. The number of aliphatic imine (C=N–C) groups is 1. The molecule has 1 rings (SSSR count). The Labute approximate surface area is 220 Å². The standard InChI is InChI=1S/C22H40N10O6/c1-12(33)17(20(36)31-16(21(37)38)9-13-10-27-11-29-13)32-19(35)15(6-4-8-28-22(25)26)30-18(34)14(24)5-2-3-7-23/h10-12,14-17,33H,2-9,23-24H2,1H3,(H,27,29)(H,30,34)(H,31,36)(H,32,35)(H,37,38)(H4,25,26,28). The molecule has 214 valence electrons. The number of aliphatic carboxylic acids is 1. The Morgan fingerprint density at radius 1 is 1.03 bits per heavy atom. The van der Waals surface area contributed by atoms with Crippen LogP contribution in [0, 0.1) is 0 Å². The molecule has 16 nitrogen and oxygen atoms in total. The lowest BCUT2D eigenvalue weighted by Gasteiger charge is -2.26. The number of nitrogens with zero attached hydrogens (tertiary/aromatic N) is 2. The van der Waals surface area contributed by atoms with Gasteiger partial charge >= 0.3 is 5.97 Å². The molecular formula is C22H40N10O6. The number of imidazole rings is 1. The van der Waals surface area contributed by atoms with Gasteiger partial charge in [0, 0.05) is 24.9 Å². The Hall–Kier alpha value is -3.76. The number of H-pyrrole nitrogens is 1. The second-order valence-electron chi connectivity index (χ2n) is 8.81. The topological polar surface area (TPSA) is 290 Å². The van der Waals surface area contributed by atoms with E-state index in [1.807, 2.05) is 0 Å². The van der Waals surface area contributed by atoms with Crippen LogP contribution in [0.1, 0.15) is 44.7 Å². The molecule has 38 heavy (non-hydrogen) atoms. The number of aliphatic hydroxyl groups excluding tert-OH is 1. The summed E-state index contributed by atoms with van der Waals surface area (Å²) in [6, 6.07) is -4.89. The molecule has 0 aromatic carbocycles. The number of nitrogens with two attached hydrogens (primary N) is 4. The molecule has 1 aromatic heterocycles. The smallest absolute Gasteiger partial charge is 0.326 e. The van der Waals surface area contributed by atoms with E-state index in [1.54, 1.807) is 0 Å². The molecule has 0 radical (unpaired) electrons. The molecule has 1 aromatic rings. The molecule has 0 aliphatic carbocycles. The molecule has 0 fully saturated rings. The monoisotopic (exact) mass is 540 g/mol. The number of hydrogen-bond acceptors (Lipinski definition) is 9. The molecule has 14 N–H and O–H groups in total. The summed E-state index contributed by atoms with van der Waals surface area (Å²) in [6.45, 7) is 1.89. The van der Waals surface area contributed by atoms with E-state index in [2.05, 4.69) is 30.9 Å². The largest absolute Gasteiger partial charge is 0.480 e. The van der Waals surface area contributed by atoms with E-state index in [0.29, 0.717) is 37.9 Å². The first kappa shape index (κ1) is 32.3. The lowest BCUT2D eigenvalue weighted by molar-refractivity contribution is -0.143. The summed E-state index contributed by atoms with van der Waals surface area (Å²) in [5, 5.41) is 27.0. The van der Waals surface area contributed by atoms with E-state index in [9.17, 15) is 29.4 Å². The third-order valence-corrected chi connectivity index (χ3v) is 5.54. The van der Waals surface area contributed by atoms with Crippen molar-refractivity contribution in [3.63, 3.8) is 0 Å². The lowest BCUT2D eigenvalue weighted by Crippen LogP contribution is -2.60. The Kier molecular flexibility index (Phi) is 14.3. The zero-order valence-corrected chi connectivity index (χ0v) is 21.4. The minimum atomic E-state index is -1.51. The first-order valence-electron chi connectivity index (χ1n) is 12.3. The predicted octanol–water partition coefficient (Wildman–Crippen LogP) is -3.62. The van der Waals surface area contributed by atoms with E-state index in [-0.39, 0.29) is 25.3 Å².